The standard InChI is InChI=1S/C14H14N4O3/c19-13(20)10-5-9-3-1-2-4-12(9)18(8-10)14(21)17-11-6-15-16-7-11/h1-4,6-7,10H,5,8H2,(H,15,16)(H,17,21)(H,19,20). The van der Waals surface area contributed by atoms with Crippen LogP contribution < -0.4 is 10.2 Å². The Morgan fingerprint density at radius 3 is 2.90 bits per heavy atom. The van der Waals surface area contributed by atoms with E-state index in [0.717, 1.165) is 11.3 Å². The first kappa shape index (κ1) is 13.2. The number of carboxylic acid groups (broad SMARTS) is 1. The first-order chi connectivity index (χ1) is 10.1. The average Bonchev–Trinajstić information content (AvgIpc) is 2.98. The van der Waals surface area contributed by atoms with Gasteiger partial charge in [0.25, 0.3) is 0 Å². The molecule has 1 aromatic carbocycles. The van der Waals surface area contributed by atoms with Crippen LogP contribution >= 0.6 is 0 Å². The normalized spacial score (nSPS) is 17.1. The number of H-pyrrole nitrogens is 1. The molecular formula is C14H14N4O3. The van der Waals surface area contributed by atoms with Crippen molar-refractivity contribution in [3.05, 3.63) is 42.2 Å². The number of hydrogen-bond acceptors (Lipinski definition) is 3. The van der Waals surface area contributed by atoms with Gasteiger partial charge >= 0.3 is 12.0 Å². The summed E-state index contributed by atoms with van der Waals surface area (Å²) in [6.45, 7) is 0.149. The fourth-order valence-corrected chi connectivity index (χ4v) is 2.46. The van der Waals surface area contributed by atoms with E-state index in [1.165, 1.54) is 11.1 Å². The van der Waals surface area contributed by atoms with Crippen LogP contribution in [0.4, 0.5) is 16.2 Å². The maximum absolute atomic E-state index is 12.4. The van der Waals surface area contributed by atoms with E-state index in [2.05, 4.69) is 15.5 Å². The predicted molar refractivity (Wildman–Crippen MR) is 76.2 cm³/mol. The molecule has 0 saturated carbocycles. The molecule has 3 N–H and O–H groups in total. The molecule has 0 radical (unpaired) electrons. The third-order valence-electron chi connectivity index (χ3n) is 3.50. The summed E-state index contributed by atoms with van der Waals surface area (Å²) in [7, 11) is 0. The van der Waals surface area contributed by atoms with Crippen molar-refractivity contribution in [1.82, 2.24) is 10.2 Å². The lowest BCUT2D eigenvalue weighted by molar-refractivity contribution is -0.141. The Morgan fingerprint density at radius 2 is 2.19 bits per heavy atom. The van der Waals surface area contributed by atoms with Crippen LogP contribution in [0, 0.1) is 5.92 Å². The van der Waals surface area contributed by atoms with Gasteiger partial charge in [-0.3, -0.25) is 14.8 Å². The Morgan fingerprint density at radius 1 is 1.38 bits per heavy atom. The number of carbonyl (C=O) groups excluding carboxylic acids is 1. The summed E-state index contributed by atoms with van der Waals surface area (Å²) in [5.74, 6) is -1.50. The largest absolute Gasteiger partial charge is 0.481 e. The number of aliphatic carboxylic acids is 1. The molecule has 1 aromatic heterocycles. The summed E-state index contributed by atoms with van der Waals surface area (Å²) >= 11 is 0. The molecule has 21 heavy (non-hydrogen) atoms. The van der Waals surface area contributed by atoms with Gasteiger partial charge < -0.3 is 10.4 Å². The van der Waals surface area contributed by atoms with Crippen molar-refractivity contribution in [3.63, 3.8) is 0 Å². The number of benzene rings is 1. The van der Waals surface area contributed by atoms with Gasteiger partial charge in [-0.05, 0) is 18.1 Å². The summed E-state index contributed by atoms with van der Waals surface area (Å²) in [6.07, 6.45) is 3.48. The SMILES string of the molecule is O=C(O)C1Cc2ccccc2N(C(=O)Nc2cn[nH]c2)C1. The molecule has 1 aliphatic heterocycles. The number of anilines is 2. The Kier molecular flexibility index (Phi) is 3.31. The van der Waals surface area contributed by atoms with Crippen LogP contribution in [0.1, 0.15) is 5.56 Å². The van der Waals surface area contributed by atoms with E-state index >= 15 is 0 Å². The molecule has 108 valence electrons. The van der Waals surface area contributed by atoms with Gasteiger partial charge in [-0.2, -0.15) is 5.10 Å². The molecule has 0 spiro atoms. The number of aromatic nitrogens is 2. The number of aromatic amines is 1. The maximum Gasteiger partial charge on any atom is 0.326 e. The number of amides is 2. The van der Waals surface area contributed by atoms with Gasteiger partial charge in [0, 0.05) is 18.4 Å². The summed E-state index contributed by atoms with van der Waals surface area (Å²) in [5, 5.41) is 18.3. The van der Waals surface area contributed by atoms with Crippen LogP contribution in [0.5, 0.6) is 0 Å². The molecule has 2 amide bonds. The zero-order chi connectivity index (χ0) is 14.8. The number of rotatable bonds is 2. The number of fused-ring (bicyclic) bond motifs is 1. The van der Waals surface area contributed by atoms with Crippen LogP contribution in [0.2, 0.25) is 0 Å². The molecule has 1 atom stereocenters. The predicted octanol–water partition coefficient (Wildman–Crippen LogP) is 1.71. The summed E-state index contributed by atoms with van der Waals surface area (Å²) in [6, 6.07) is 6.98. The second kappa shape index (κ2) is 5.28. The summed E-state index contributed by atoms with van der Waals surface area (Å²) in [5.41, 5.74) is 2.14. The molecule has 0 saturated heterocycles. The van der Waals surface area contributed by atoms with Gasteiger partial charge in [0.15, 0.2) is 0 Å². The molecule has 3 rings (SSSR count). The van der Waals surface area contributed by atoms with E-state index in [1.807, 2.05) is 24.3 Å². The Bertz CT molecular complexity index is 669. The molecule has 1 unspecified atom stereocenters. The van der Waals surface area contributed by atoms with Crippen molar-refractivity contribution in [2.24, 2.45) is 5.92 Å². The molecule has 0 aliphatic carbocycles. The van der Waals surface area contributed by atoms with Crippen LogP contribution in [0.15, 0.2) is 36.7 Å². The monoisotopic (exact) mass is 286 g/mol. The van der Waals surface area contributed by atoms with E-state index in [4.69, 9.17) is 0 Å². The van der Waals surface area contributed by atoms with E-state index in [9.17, 15) is 14.7 Å². The smallest absolute Gasteiger partial charge is 0.326 e. The van der Waals surface area contributed by atoms with Crippen molar-refractivity contribution >= 4 is 23.4 Å². The lowest BCUT2D eigenvalue weighted by Crippen LogP contribution is -2.44. The number of carbonyl (C=O) groups is 2. The van der Waals surface area contributed by atoms with Crippen molar-refractivity contribution in [1.29, 1.82) is 0 Å². The van der Waals surface area contributed by atoms with Crippen LogP contribution in [0.25, 0.3) is 0 Å². The van der Waals surface area contributed by atoms with Crippen molar-refractivity contribution in [2.75, 3.05) is 16.8 Å². The van der Waals surface area contributed by atoms with Gasteiger partial charge in [-0.15, -0.1) is 0 Å². The minimum Gasteiger partial charge on any atom is -0.481 e. The first-order valence-electron chi connectivity index (χ1n) is 6.53. The van der Waals surface area contributed by atoms with Crippen LogP contribution in [0.3, 0.4) is 0 Å². The number of nitrogens with one attached hydrogen (secondary N) is 2. The zero-order valence-electron chi connectivity index (χ0n) is 11.1. The highest BCUT2D eigenvalue weighted by Gasteiger charge is 2.32. The highest BCUT2D eigenvalue weighted by Crippen LogP contribution is 2.30. The molecule has 2 heterocycles. The topological polar surface area (TPSA) is 98.3 Å². The van der Waals surface area contributed by atoms with Gasteiger partial charge in [-0.1, -0.05) is 18.2 Å². The number of nitrogens with zero attached hydrogens (tertiary/aromatic N) is 2. The Balaban J connectivity index is 1.89. The molecule has 0 fully saturated rings. The number of para-hydroxylation sites is 1. The van der Waals surface area contributed by atoms with Gasteiger partial charge in [0.05, 0.1) is 17.8 Å². The van der Waals surface area contributed by atoms with Crippen molar-refractivity contribution in [3.8, 4) is 0 Å². The highest BCUT2D eigenvalue weighted by molar-refractivity contribution is 6.03. The summed E-state index contributed by atoms with van der Waals surface area (Å²) in [4.78, 5) is 25.1. The second-order valence-corrected chi connectivity index (χ2v) is 4.90. The number of carboxylic acids is 1. The van der Waals surface area contributed by atoms with E-state index in [0.29, 0.717) is 12.1 Å². The molecule has 0 bridgehead atoms. The quantitative estimate of drug-likeness (QED) is 0.782. The third kappa shape index (κ3) is 2.58. The fourth-order valence-electron chi connectivity index (χ4n) is 2.46. The van der Waals surface area contributed by atoms with Crippen LogP contribution in [-0.2, 0) is 11.2 Å². The molecular weight excluding hydrogens is 272 g/mol. The highest BCUT2D eigenvalue weighted by atomic mass is 16.4. The second-order valence-electron chi connectivity index (χ2n) is 4.90. The van der Waals surface area contributed by atoms with E-state index in [-0.39, 0.29) is 12.6 Å². The summed E-state index contributed by atoms with van der Waals surface area (Å²) < 4.78 is 0. The minimum absolute atomic E-state index is 0.149. The van der Waals surface area contributed by atoms with E-state index < -0.39 is 11.9 Å². The molecule has 2 aromatic rings. The third-order valence-corrected chi connectivity index (χ3v) is 3.50. The lowest BCUT2D eigenvalue weighted by atomic mass is 9.93. The Hall–Kier alpha value is -2.83. The van der Waals surface area contributed by atoms with Crippen molar-refractivity contribution in [2.45, 2.75) is 6.42 Å². The lowest BCUT2D eigenvalue weighted by Gasteiger charge is -2.32. The van der Waals surface area contributed by atoms with Gasteiger partial charge in [0.2, 0.25) is 0 Å². The molecule has 1 aliphatic rings. The number of hydrogen-bond donors (Lipinski definition) is 3. The zero-order valence-corrected chi connectivity index (χ0v) is 11.1. The molecule has 7 heteroatoms. The average molecular weight is 286 g/mol. The Labute approximate surface area is 120 Å². The van der Waals surface area contributed by atoms with Crippen molar-refractivity contribution < 1.29 is 14.7 Å². The fraction of sp³-hybridized carbons (Fsp3) is 0.214. The molecule has 7 nitrogen and oxygen atoms in total. The first-order valence-corrected chi connectivity index (χ1v) is 6.53. The van der Waals surface area contributed by atoms with E-state index in [1.54, 1.807) is 6.20 Å². The van der Waals surface area contributed by atoms with Crippen LogP contribution in [-0.4, -0.2) is 33.8 Å². The maximum atomic E-state index is 12.4. The van der Waals surface area contributed by atoms with Gasteiger partial charge in [-0.25, -0.2) is 4.79 Å². The van der Waals surface area contributed by atoms with Gasteiger partial charge in [0.1, 0.15) is 0 Å². The number of urea groups is 1. The minimum atomic E-state index is -0.898.